The summed E-state index contributed by atoms with van der Waals surface area (Å²) in [4.78, 5) is 12.2. The lowest BCUT2D eigenvalue weighted by molar-refractivity contribution is 0.0951. The number of rotatable bonds is 3. The second-order valence-corrected chi connectivity index (χ2v) is 5.15. The predicted octanol–water partition coefficient (Wildman–Crippen LogP) is 1.26. The van der Waals surface area contributed by atoms with Crippen molar-refractivity contribution in [2.45, 2.75) is 26.6 Å². The van der Waals surface area contributed by atoms with Gasteiger partial charge in [-0.05, 0) is 30.2 Å². The van der Waals surface area contributed by atoms with Crippen LogP contribution in [0.2, 0.25) is 0 Å². The van der Waals surface area contributed by atoms with Gasteiger partial charge in [0.15, 0.2) is 0 Å². The number of fused-ring (bicyclic) bond motifs is 1. The van der Waals surface area contributed by atoms with Crippen LogP contribution in [0.15, 0.2) is 24.4 Å². The number of nitrogens with zero attached hydrogens (tertiary/aromatic N) is 2. The number of benzene rings is 1. The zero-order valence-corrected chi connectivity index (χ0v) is 11.7. The number of hydrogen-bond donors (Lipinski definition) is 2. The summed E-state index contributed by atoms with van der Waals surface area (Å²) < 4.78 is 1.81. The van der Waals surface area contributed by atoms with Crippen molar-refractivity contribution in [1.29, 1.82) is 0 Å². The van der Waals surface area contributed by atoms with Crippen LogP contribution < -0.4 is 10.6 Å². The average Bonchev–Trinajstić information content (AvgIpc) is 3.04. The standard InChI is InChI=1S/C15H18N4O/c1-10-14(9-18-19(10)2)8-17-15(20)11-3-4-12-6-16-7-13(12)5-11/h3-5,9,16H,6-8H2,1-2H3,(H,17,20). The Morgan fingerprint density at radius 2 is 2.20 bits per heavy atom. The topological polar surface area (TPSA) is 59.0 Å². The lowest BCUT2D eigenvalue weighted by Gasteiger charge is -2.06. The molecule has 0 atom stereocenters. The Morgan fingerprint density at radius 1 is 1.40 bits per heavy atom. The van der Waals surface area contributed by atoms with Crippen LogP contribution in [0.25, 0.3) is 0 Å². The van der Waals surface area contributed by atoms with Gasteiger partial charge in [-0.25, -0.2) is 0 Å². The van der Waals surface area contributed by atoms with E-state index in [1.54, 1.807) is 6.20 Å². The maximum atomic E-state index is 12.2. The number of carbonyl (C=O) groups excluding carboxylic acids is 1. The van der Waals surface area contributed by atoms with Gasteiger partial charge in [0.05, 0.1) is 6.20 Å². The summed E-state index contributed by atoms with van der Waals surface area (Å²) in [7, 11) is 1.90. The fraction of sp³-hybridized carbons (Fsp3) is 0.333. The lowest BCUT2D eigenvalue weighted by atomic mass is 10.1. The number of amides is 1. The van der Waals surface area contributed by atoms with Gasteiger partial charge in [0.1, 0.15) is 0 Å². The highest BCUT2D eigenvalue weighted by molar-refractivity contribution is 5.94. The molecule has 1 aliphatic heterocycles. The summed E-state index contributed by atoms with van der Waals surface area (Å²) in [5.74, 6) is -0.0389. The molecule has 3 rings (SSSR count). The van der Waals surface area contributed by atoms with Crippen molar-refractivity contribution >= 4 is 5.91 Å². The van der Waals surface area contributed by atoms with Gasteiger partial charge in [-0.2, -0.15) is 5.10 Å². The first-order valence-corrected chi connectivity index (χ1v) is 6.73. The summed E-state index contributed by atoms with van der Waals surface area (Å²) in [6.07, 6.45) is 1.79. The highest BCUT2D eigenvalue weighted by atomic mass is 16.1. The van der Waals surface area contributed by atoms with Gasteiger partial charge in [-0.3, -0.25) is 9.48 Å². The molecule has 1 aliphatic rings. The molecule has 5 heteroatoms. The number of aryl methyl sites for hydroxylation is 1. The highest BCUT2D eigenvalue weighted by Gasteiger charge is 2.13. The largest absolute Gasteiger partial charge is 0.348 e. The molecular formula is C15H18N4O. The van der Waals surface area contributed by atoms with E-state index >= 15 is 0 Å². The zero-order valence-electron chi connectivity index (χ0n) is 11.7. The zero-order chi connectivity index (χ0) is 14.1. The first-order chi connectivity index (χ1) is 9.65. The van der Waals surface area contributed by atoms with E-state index in [1.165, 1.54) is 11.1 Å². The summed E-state index contributed by atoms with van der Waals surface area (Å²) in [6.45, 7) is 4.24. The highest BCUT2D eigenvalue weighted by Crippen LogP contribution is 2.17. The van der Waals surface area contributed by atoms with E-state index < -0.39 is 0 Å². The fourth-order valence-corrected chi connectivity index (χ4v) is 2.43. The van der Waals surface area contributed by atoms with Crippen molar-refractivity contribution in [3.05, 3.63) is 52.3 Å². The average molecular weight is 270 g/mol. The van der Waals surface area contributed by atoms with Crippen molar-refractivity contribution in [2.75, 3.05) is 0 Å². The summed E-state index contributed by atoms with van der Waals surface area (Å²) in [5.41, 5.74) is 5.33. The lowest BCUT2D eigenvalue weighted by Crippen LogP contribution is -2.23. The molecule has 0 radical (unpaired) electrons. The molecule has 1 aromatic heterocycles. The van der Waals surface area contributed by atoms with Gasteiger partial charge in [-0.15, -0.1) is 0 Å². The van der Waals surface area contributed by atoms with Gasteiger partial charge in [-0.1, -0.05) is 6.07 Å². The van der Waals surface area contributed by atoms with Gasteiger partial charge < -0.3 is 10.6 Å². The van der Waals surface area contributed by atoms with E-state index in [4.69, 9.17) is 0 Å². The number of hydrogen-bond acceptors (Lipinski definition) is 3. The minimum absolute atomic E-state index is 0.0389. The molecule has 2 N–H and O–H groups in total. The summed E-state index contributed by atoms with van der Waals surface area (Å²) >= 11 is 0. The second-order valence-electron chi connectivity index (χ2n) is 5.15. The smallest absolute Gasteiger partial charge is 0.251 e. The Labute approximate surface area is 118 Å². The monoisotopic (exact) mass is 270 g/mol. The summed E-state index contributed by atoms with van der Waals surface area (Å²) in [5, 5.41) is 10.4. The molecule has 0 unspecified atom stereocenters. The number of carbonyl (C=O) groups is 1. The van der Waals surface area contributed by atoms with E-state index in [1.807, 2.05) is 36.9 Å². The maximum Gasteiger partial charge on any atom is 0.251 e. The van der Waals surface area contributed by atoms with Crippen LogP contribution in [0.4, 0.5) is 0 Å². The molecule has 0 aliphatic carbocycles. The molecule has 1 amide bonds. The molecule has 0 spiro atoms. The predicted molar refractivity (Wildman–Crippen MR) is 76.1 cm³/mol. The molecule has 0 saturated heterocycles. The second kappa shape index (κ2) is 5.09. The Hall–Kier alpha value is -2.14. The number of aromatic nitrogens is 2. The maximum absolute atomic E-state index is 12.2. The fourth-order valence-electron chi connectivity index (χ4n) is 2.43. The summed E-state index contributed by atoms with van der Waals surface area (Å²) in [6, 6.07) is 5.89. The SMILES string of the molecule is Cc1c(CNC(=O)c2ccc3c(c2)CNC3)cnn1C. The molecule has 2 heterocycles. The minimum Gasteiger partial charge on any atom is -0.348 e. The Morgan fingerprint density at radius 3 is 2.95 bits per heavy atom. The Balaban J connectivity index is 1.69. The van der Waals surface area contributed by atoms with Crippen LogP contribution in [0, 0.1) is 6.92 Å². The molecule has 0 saturated carbocycles. The van der Waals surface area contributed by atoms with Crippen LogP contribution in [-0.2, 0) is 26.7 Å². The van der Waals surface area contributed by atoms with Crippen LogP contribution in [0.5, 0.6) is 0 Å². The van der Waals surface area contributed by atoms with E-state index in [0.717, 1.165) is 24.3 Å². The van der Waals surface area contributed by atoms with Crippen LogP contribution in [0.1, 0.15) is 32.7 Å². The van der Waals surface area contributed by atoms with Gasteiger partial charge >= 0.3 is 0 Å². The van der Waals surface area contributed by atoms with Crippen LogP contribution in [-0.4, -0.2) is 15.7 Å². The van der Waals surface area contributed by atoms with Crippen molar-refractivity contribution in [2.24, 2.45) is 7.05 Å². The van der Waals surface area contributed by atoms with Gasteiger partial charge in [0, 0.05) is 43.5 Å². The first-order valence-electron chi connectivity index (χ1n) is 6.73. The quantitative estimate of drug-likeness (QED) is 0.883. The van der Waals surface area contributed by atoms with Crippen molar-refractivity contribution < 1.29 is 4.79 Å². The van der Waals surface area contributed by atoms with E-state index in [2.05, 4.69) is 15.7 Å². The third-order valence-corrected chi connectivity index (χ3v) is 3.88. The molecule has 2 aromatic rings. The van der Waals surface area contributed by atoms with E-state index in [0.29, 0.717) is 12.1 Å². The molecule has 0 bridgehead atoms. The molecule has 20 heavy (non-hydrogen) atoms. The van der Waals surface area contributed by atoms with Crippen LogP contribution >= 0.6 is 0 Å². The molecular weight excluding hydrogens is 252 g/mol. The van der Waals surface area contributed by atoms with Gasteiger partial charge in [0.25, 0.3) is 5.91 Å². The Bertz CT molecular complexity index is 660. The van der Waals surface area contributed by atoms with Crippen molar-refractivity contribution in [1.82, 2.24) is 20.4 Å². The van der Waals surface area contributed by atoms with Crippen molar-refractivity contribution in [3.8, 4) is 0 Å². The van der Waals surface area contributed by atoms with Crippen LogP contribution in [0.3, 0.4) is 0 Å². The first kappa shape index (κ1) is 12.9. The van der Waals surface area contributed by atoms with Gasteiger partial charge in [0.2, 0.25) is 0 Å². The van der Waals surface area contributed by atoms with E-state index in [9.17, 15) is 4.79 Å². The molecule has 0 fully saturated rings. The van der Waals surface area contributed by atoms with E-state index in [-0.39, 0.29) is 5.91 Å². The molecule has 104 valence electrons. The normalized spacial score (nSPS) is 13.3. The third-order valence-electron chi connectivity index (χ3n) is 3.88. The Kier molecular flexibility index (Phi) is 3.28. The number of nitrogens with one attached hydrogen (secondary N) is 2. The third kappa shape index (κ3) is 2.32. The van der Waals surface area contributed by atoms with Crippen molar-refractivity contribution in [3.63, 3.8) is 0 Å². The molecule has 5 nitrogen and oxygen atoms in total. The molecule has 1 aromatic carbocycles. The minimum atomic E-state index is -0.0389.